The Kier molecular flexibility index (Phi) is 2.75. The lowest BCUT2D eigenvalue weighted by Crippen LogP contribution is -2.20. The van der Waals surface area contributed by atoms with Crippen LogP contribution in [0.1, 0.15) is 40.0 Å². The van der Waals surface area contributed by atoms with Crippen molar-refractivity contribution in [3.05, 3.63) is 12.2 Å². The highest BCUT2D eigenvalue weighted by atomic mass is 14.3. The van der Waals surface area contributed by atoms with E-state index in [0.29, 0.717) is 0 Å². The van der Waals surface area contributed by atoms with Gasteiger partial charge in [-0.15, -0.1) is 0 Å². The van der Waals surface area contributed by atoms with Gasteiger partial charge in [-0.05, 0) is 37.0 Å². The summed E-state index contributed by atoms with van der Waals surface area (Å²) < 4.78 is 0. The second-order valence-corrected chi connectivity index (χ2v) is 4.39. The Bertz CT molecular complexity index is 144. The van der Waals surface area contributed by atoms with E-state index in [1.54, 1.807) is 0 Å². The standard InChI is InChI=1S/C11H20/c1-8(2)11-7-9(3)5-6-10(11)4/h8-9,11H,4-7H2,1-3H3. The smallest absolute Gasteiger partial charge is 0.0180 e. The van der Waals surface area contributed by atoms with Crippen LogP contribution in [0.2, 0.25) is 0 Å². The number of allylic oxidation sites excluding steroid dienone is 1. The quantitative estimate of drug-likeness (QED) is 0.503. The second kappa shape index (κ2) is 3.42. The molecule has 0 nitrogen and oxygen atoms in total. The topological polar surface area (TPSA) is 0 Å². The molecule has 11 heavy (non-hydrogen) atoms. The fourth-order valence-corrected chi connectivity index (χ4v) is 2.08. The van der Waals surface area contributed by atoms with Crippen molar-refractivity contribution in [3.8, 4) is 0 Å². The maximum absolute atomic E-state index is 4.15. The highest BCUT2D eigenvalue weighted by Gasteiger charge is 2.23. The zero-order chi connectivity index (χ0) is 8.43. The molecule has 0 spiro atoms. The van der Waals surface area contributed by atoms with Crippen LogP contribution in [-0.4, -0.2) is 0 Å². The molecule has 64 valence electrons. The fourth-order valence-electron chi connectivity index (χ4n) is 2.08. The Labute approximate surface area is 70.7 Å². The zero-order valence-corrected chi connectivity index (χ0v) is 8.06. The molecule has 1 aliphatic carbocycles. The molecule has 1 saturated carbocycles. The molecular formula is C11H20. The van der Waals surface area contributed by atoms with Crippen LogP contribution in [0, 0.1) is 17.8 Å². The van der Waals surface area contributed by atoms with Crippen molar-refractivity contribution in [3.63, 3.8) is 0 Å². The SMILES string of the molecule is C=C1CCC(C)CC1C(C)C. The molecule has 0 aromatic carbocycles. The lowest BCUT2D eigenvalue weighted by Gasteiger charge is -2.31. The van der Waals surface area contributed by atoms with Gasteiger partial charge in [0, 0.05) is 0 Å². The van der Waals surface area contributed by atoms with Gasteiger partial charge in [0.1, 0.15) is 0 Å². The van der Waals surface area contributed by atoms with Crippen molar-refractivity contribution < 1.29 is 0 Å². The molecule has 1 rings (SSSR count). The van der Waals surface area contributed by atoms with Crippen molar-refractivity contribution in [1.29, 1.82) is 0 Å². The third kappa shape index (κ3) is 2.08. The number of hydrogen-bond donors (Lipinski definition) is 0. The van der Waals surface area contributed by atoms with Crippen molar-refractivity contribution in [1.82, 2.24) is 0 Å². The molecule has 0 aromatic rings. The van der Waals surface area contributed by atoms with Gasteiger partial charge in [0.05, 0.1) is 0 Å². The van der Waals surface area contributed by atoms with Gasteiger partial charge in [0.2, 0.25) is 0 Å². The summed E-state index contributed by atoms with van der Waals surface area (Å²) >= 11 is 0. The van der Waals surface area contributed by atoms with E-state index in [1.165, 1.54) is 24.8 Å². The molecule has 0 N–H and O–H groups in total. The zero-order valence-electron chi connectivity index (χ0n) is 8.06. The van der Waals surface area contributed by atoms with E-state index in [2.05, 4.69) is 27.4 Å². The molecule has 0 amide bonds. The highest BCUT2D eigenvalue weighted by Crippen LogP contribution is 2.36. The summed E-state index contributed by atoms with van der Waals surface area (Å²) in [4.78, 5) is 0. The van der Waals surface area contributed by atoms with Crippen LogP contribution >= 0.6 is 0 Å². The molecule has 0 aliphatic heterocycles. The van der Waals surface area contributed by atoms with Crippen LogP contribution in [0.25, 0.3) is 0 Å². The van der Waals surface area contributed by atoms with Gasteiger partial charge in [-0.1, -0.05) is 32.9 Å². The third-order valence-electron chi connectivity index (χ3n) is 2.94. The molecular weight excluding hydrogens is 132 g/mol. The molecule has 0 aromatic heterocycles. The van der Waals surface area contributed by atoms with E-state index in [4.69, 9.17) is 0 Å². The predicted octanol–water partition coefficient (Wildman–Crippen LogP) is 3.63. The maximum Gasteiger partial charge on any atom is -0.0180 e. The average molecular weight is 152 g/mol. The average Bonchev–Trinajstić information content (AvgIpc) is 1.94. The first kappa shape index (κ1) is 8.83. The largest absolute Gasteiger partial charge is 0.0996 e. The first-order valence-electron chi connectivity index (χ1n) is 4.79. The Morgan fingerprint density at radius 3 is 2.55 bits per heavy atom. The second-order valence-electron chi connectivity index (χ2n) is 4.39. The van der Waals surface area contributed by atoms with Gasteiger partial charge < -0.3 is 0 Å². The van der Waals surface area contributed by atoms with E-state index in [9.17, 15) is 0 Å². The van der Waals surface area contributed by atoms with Crippen LogP contribution in [-0.2, 0) is 0 Å². The summed E-state index contributed by atoms with van der Waals surface area (Å²) in [6, 6.07) is 0. The molecule has 0 bridgehead atoms. The molecule has 0 radical (unpaired) electrons. The van der Waals surface area contributed by atoms with Crippen LogP contribution in [0.3, 0.4) is 0 Å². The van der Waals surface area contributed by atoms with E-state index in [1.807, 2.05) is 0 Å². The van der Waals surface area contributed by atoms with E-state index >= 15 is 0 Å². The highest BCUT2D eigenvalue weighted by molar-refractivity contribution is 5.05. The van der Waals surface area contributed by atoms with Crippen LogP contribution < -0.4 is 0 Å². The van der Waals surface area contributed by atoms with Crippen molar-refractivity contribution in [2.45, 2.75) is 40.0 Å². The minimum atomic E-state index is 0.797. The van der Waals surface area contributed by atoms with E-state index < -0.39 is 0 Å². The van der Waals surface area contributed by atoms with E-state index in [-0.39, 0.29) is 0 Å². The normalized spacial score (nSPS) is 32.9. The predicted molar refractivity (Wildman–Crippen MR) is 50.5 cm³/mol. The molecule has 2 unspecified atom stereocenters. The van der Waals surface area contributed by atoms with Gasteiger partial charge >= 0.3 is 0 Å². The van der Waals surface area contributed by atoms with Crippen LogP contribution in [0.4, 0.5) is 0 Å². The first-order chi connectivity index (χ1) is 5.11. The van der Waals surface area contributed by atoms with Gasteiger partial charge in [0.25, 0.3) is 0 Å². The summed E-state index contributed by atoms with van der Waals surface area (Å²) in [7, 11) is 0. The minimum absolute atomic E-state index is 0.797. The molecule has 0 saturated heterocycles. The van der Waals surface area contributed by atoms with Gasteiger partial charge in [-0.25, -0.2) is 0 Å². The van der Waals surface area contributed by atoms with Gasteiger partial charge in [-0.3, -0.25) is 0 Å². The van der Waals surface area contributed by atoms with Gasteiger partial charge in [0.15, 0.2) is 0 Å². The summed E-state index contributed by atoms with van der Waals surface area (Å²) in [5.41, 5.74) is 1.50. The lowest BCUT2D eigenvalue weighted by molar-refractivity contribution is 0.293. The summed E-state index contributed by atoms with van der Waals surface area (Å²) in [6.45, 7) is 11.1. The summed E-state index contributed by atoms with van der Waals surface area (Å²) in [6.07, 6.45) is 4.00. The van der Waals surface area contributed by atoms with E-state index in [0.717, 1.165) is 17.8 Å². The minimum Gasteiger partial charge on any atom is -0.0996 e. The Hall–Kier alpha value is -0.260. The first-order valence-corrected chi connectivity index (χ1v) is 4.79. The number of rotatable bonds is 1. The maximum atomic E-state index is 4.15. The number of hydrogen-bond acceptors (Lipinski definition) is 0. The fraction of sp³-hybridized carbons (Fsp3) is 0.818. The van der Waals surface area contributed by atoms with Crippen molar-refractivity contribution in [2.75, 3.05) is 0 Å². The molecule has 1 fully saturated rings. The molecule has 1 aliphatic rings. The molecule has 0 heteroatoms. The van der Waals surface area contributed by atoms with Crippen molar-refractivity contribution >= 4 is 0 Å². The summed E-state index contributed by atoms with van der Waals surface area (Å²) in [5.74, 6) is 2.52. The third-order valence-corrected chi connectivity index (χ3v) is 2.94. The van der Waals surface area contributed by atoms with Gasteiger partial charge in [-0.2, -0.15) is 0 Å². The Morgan fingerprint density at radius 2 is 2.09 bits per heavy atom. The summed E-state index contributed by atoms with van der Waals surface area (Å²) in [5, 5.41) is 0. The van der Waals surface area contributed by atoms with Crippen molar-refractivity contribution in [2.24, 2.45) is 17.8 Å². The van der Waals surface area contributed by atoms with Crippen LogP contribution in [0.15, 0.2) is 12.2 Å². The lowest BCUT2D eigenvalue weighted by atomic mass is 9.74. The molecule has 0 heterocycles. The Morgan fingerprint density at radius 1 is 1.45 bits per heavy atom. The molecule has 2 atom stereocenters. The van der Waals surface area contributed by atoms with Crippen LogP contribution in [0.5, 0.6) is 0 Å². The Balaban J connectivity index is 2.54. The monoisotopic (exact) mass is 152 g/mol.